The van der Waals surface area contributed by atoms with Crippen LogP contribution >= 0.6 is 0 Å². The van der Waals surface area contributed by atoms with Gasteiger partial charge in [0.15, 0.2) is 0 Å². The lowest BCUT2D eigenvalue weighted by molar-refractivity contribution is -0.126. The van der Waals surface area contributed by atoms with Crippen molar-refractivity contribution in [2.75, 3.05) is 49.1 Å². The van der Waals surface area contributed by atoms with E-state index in [1.54, 1.807) is 4.90 Å². The number of anilines is 2. The number of carbonyl (C=O) groups excluding carboxylic acids is 2. The maximum absolute atomic E-state index is 12.8. The van der Waals surface area contributed by atoms with Gasteiger partial charge in [-0.1, -0.05) is 19.1 Å². The molecule has 1 unspecified atom stereocenters. The van der Waals surface area contributed by atoms with Crippen molar-refractivity contribution < 1.29 is 9.59 Å². The molecule has 0 saturated carbocycles. The highest BCUT2D eigenvalue weighted by Crippen LogP contribution is 2.30. The minimum absolute atomic E-state index is 0.0299. The Bertz CT molecular complexity index is 1010. The summed E-state index contributed by atoms with van der Waals surface area (Å²) in [5.74, 6) is 0.647. The van der Waals surface area contributed by atoms with E-state index in [1.165, 1.54) is 17.5 Å². The lowest BCUT2D eigenvalue weighted by Crippen LogP contribution is -2.46. The number of hydrogen-bond acceptors (Lipinski definition) is 5. The van der Waals surface area contributed by atoms with E-state index in [-0.39, 0.29) is 24.2 Å². The number of piperazine rings is 1. The van der Waals surface area contributed by atoms with E-state index in [0.717, 1.165) is 62.6 Å². The fraction of sp³-hybridized carbons (Fsp3) is 0.500. The number of pyridine rings is 1. The molecule has 5 rings (SSSR count). The molecule has 7 heteroatoms. The topological polar surface area (TPSA) is 68.8 Å². The normalized spacial score (nSPS) is 20.9. The van der Waals surface area contributed by atoms with E-state index in [1.807, 2.05) is 24.4 Å². The SMILES string of the molecule is CCN1CCN(c2ccc(CNC(=O)C3CC(=O)N(c4ccc5c(c4)CCC5)C3)cn2)CC1. The first-order chi connectivity index (χ1) is 16.1. The first-order valence-electron chi connectivity index (χ1n) is 12.2. The van der Waals surface area contributed by atoms with Crippen molar-refractivity contribution >= 4 is 23.3 Å². The number of aromatic nitrogens is 1. The summed E-state index contributed by atoms with van der Waals surface area (Å²) in [5.41, 5.74) is 4.63. The van der Waals surface area contributed by atoms with Gasteiger partial charge in [-0.25, -0.2) is 4.98 Å². The van der Waals surface area contributed by atoms with Gasteiger partial charge in [0.05, 0.1) is 5.92 Å². The van der Waals surface area contributed by atoms with Gasteiger partial charge in [0, 0.05) is 57.6 Å². The Labute approximate surface area is 195 Å². The average molecular weight is 448 g/mol. The standard InChI is InChI=1S/C26H33N5O2/c1-2-29-10-12-30(13-11-29)24-9-6-19(16-27-24)17-28-26(33)22-15-25(32)31(18-22)23-8-7-20-4-3-5-21(20)14-23/h6-9,14,16,22H,2-5,10-13,15,17-18H2,1H3,(H,28,33). The summed E-state index contributed by atoms with van der Waals surface area (Å²) < 4.78 is 0. The van der Waals surface area contributed by atoms with Crippen molar-refractivity contribution in [2.45, 2.75) is 39.2 Å². The van der Waals surface area contributed by atoms with Crippen LogP contribution in [0.15, 0.2) is 36.5 Å². The molecule has 0 spiro atoms. The lowest BCUT2D eigenvalue weighted by atomic mass is 10.1. The van der Waals surface area contributed by atoms with Crippen molar-refractivity contribution in [1.29, 1.82) is 0 Å². The van der Waals surface area contributed by atoms with Crippen LogP contribution in [0.2, 0.25) is 0 Å². The van der Waals surface area contributed by atoms with E-state index >= 15 is 0 Å². The first-order valence-corrected chi connectivity index (χ1v) is 12.2. The van der Waals surface area contributed by atoms with E-state index in [9.17, 15) is 9.59 Å². The van der Waals surface area contributed by atoms with Gasteiger partial charge in [-0.05, 0) is 60.7 Å². The van der Waals surface area contributed by atoms with Gasteiger partial charge < -0.3 is 20.0 Å². The van der Waals surface area contributed by atoms with Crippen LogP contribution in [-0.4, -0.2) is 61.0 Å². The molecule has 2 aromatic rings. The Kier molecular flexibility index (Phi) is 6.31. The van der Waals surface area contributed by atoms with E-state index < -0.39 is 0 Å². The third-order valence-electron chi connectivity index (χ3n) is 7.31. The summed E-state index contributed by atoms with van der Waals surface area (Å²) in [7, 11) is 0. The Morgan fingerprint density at radius 1 is 1.09 bits per heavy atom. The molecule has 174 valence electrons. The summed E-state index contributed by atoms with van der Waals surface area (Å²) in [6, 6.07) is 10.4. The number of nitrogens with zero attached hydrogens (tertiary/aromatic N) is 4. The van der Waals surface area contributed by atoms with Gasteiger partial charge in [-0.2, -0.15) is 0 Å². The van der Waals surface area contributed by atoms with Crippen LogP contribution in [0.1, 0.15) is 36.5 Å². The number of benzene rings is 1. The summed E-state index contributed by atoms with van der Waals surface area (Å²) in [5, 5.41) is 3.01. The Morgan fingerprint density at radius 2 is 1.91 bits per heavy atom. The molecule has 3 aliphatic rings. The number of nitrogens with one attached hydrogen (secondary N) is 1. The fourth-order valence-electron chi connectivity index (χ4n) is 5.19. The summed E-state index contributed by atoms with van der Waals surface area (Å²) >= 11 is 0. The predicted molar refractivity (Wildman–Crippen MR) is 129 cm³/mol. The minimum Gasteiger partial charge on any atom is -0.354 e. The van der Waals surface area contributed by atoms with E-state index in [2.05, 4.69) is 39.2 Å². The van der Waals surface area contributed by atoms with Gasteiger partial charge in [-0.3, -0.25) is 9.59 Å². The van der Waals surface area contributed by atoms with Crippen molar-refractivity contribution in [2.24, 2.45) is 5.92 Å². The molecule has 7 nitrogen and oxygen atoms in total. The number of carbonyl (C=O) groups is 2. The van der Waals surface area contributed by atoms with E-state index in [4.69, 9.17) is 0 Å². The highest BCUT2D eigenvalue weighted by Gasteiger charge is 2.35. The predicted octanol–water partition coefficient (Wildman–Crippen LogP) is 2.38. The third kappa shape index (κ3) is 4.74. The second-order valence-electron chi connectivity index (χ2n) is 9.38. The molecule has 33 heavy (non-hydrogen) atoms. The largest absolute Gasteiger partial charge is 0.354 e. The summed E-state index contributed by atoms with van der Waals surface area (Å²) in [6.07, 6.45) is 5.50. The van der Waals surface area contributed by atoms with Crippen LogP contribution in [0.25, 0.3) is 0 Å². The number of amides is 2. The molecule has 0 bridgehead atoms. The number of fused-ring (bicyclic) bond motifs is 1. The van der Waals surface area contributed by atoms with Crippen molar-refractivity contribution in [3.63, 3.8) is 0 Å². The van der Waals surface area contributed by atoms with Crippen LogP contribution in [0.5, 0.6) is 0 Å². The molecule has 1 atom stereocenters. The molecule has 3 heterocycles. The molecular formula is C26H33N5O2. The fourth-order valence-corrected chi connectivity index (χ4v) is 5.19. The average Bonchev–Trinajstić information content (AvgIpc) is 3.49. The first kappa shape index (κ1) is 21.9. The van der Waals surface area contributed by atoms with Gasteiger partial charge >= 0.3 is 0 Å². The van der Waals surface area contributed by atoms with Crippen molar-refractivity contribution in [3.05, 3.63) is 53.2 Å². The van der Waals surface area contributed by atoms with Gasteiger partial charge in [0.1, 0.15) is 5.82 Å². The zero-order valence-corrected chi connectivity index (χ0v) is 19.4. The smallest absolute Gasteiger partial charge is 0.227 e. The molecule has 2 aliphatic heterocycles. The maximum Gasteiger partial charge on any atom is 0.227 e. The van der Waals surface area contributed by atoms with Gasteiger partial charge in [0.25, 0.3) is 0 Å². The zero-order valence-electron chi connectivity index (χ0n) is 19.4. The van der Waals surface area contributed by atoms with Crippen molar-refractivity contribution in [3.8, 4) is 0 Å². The Hall–Kier alpha value is -2.93. The minimum atomic E-state index is -0.312. The number of aryl methyl sites for hydroxylation is 2. The van der Waals surface area contributed by atoms with Gasteiger partial charge in [0.2, 0.25) is 11.8 Å². The summed E-state index contributed by atoms with van der Waals surface area (Å²) in [4.78, 5) is 36.5. The second kappa shape index (κ2) is 9.51. The molecule has 0 radical (unpaired) electrons. The van der Waals surface area contributed by atoms with Gasteiger partial charge in [-0.15, -0.1) is 0 Å². The maximum atomic E-state index is 12.8. The molecular weight excluding hydrogens is 414 g/mol. The second-order valence-corrected chi connectivity index (χ2v) is 9.38. The molecule has 1 aromatic heterocycles. The number of likely N-dealkylation sites (N-methyl/N-ethyl adjacent to an activating group) is 1. The Balaban J connectivity index is 1.13. The van der Waals surface area contributed by atoms with Crippen LogP contribution in [0, 0.1) is 5.92 Å². The highest BCUT2D eigenvalue weighted by molar-refractivity contribution is 6.00. The highest BCUT2D eigenvalue weighted by atomic mass is 16.2. The monoisotopic (exact) mass is 447 g/mol. The van der Waals surface area contributed by atoms with Crippen LogP contribution in [-0.2, 0) is 29.0 Å². The molecule has 1 aliphatic carbocycles. The molecule has 2 amide bonds. The van der Waals surface area contributed by atoms with Crippen molar-refractivity contribution in [1.82, 2.24) is 15.2 Å². The van der Waals surface area contributed by atoms with Crippen LogP contribution in [0.4, 0.5) is 11.5 Å². The van der Waals surface area contributed by atoms with E-state index in [0.29, 0.717) is 13.1 Å². The molecule has 1 aromatic carbocycles. The molecule has 1 N–H and O–H groups in total. The summed E-state index contributed by atoms with van der Waals surface area (Å²) in [6.45, 7) is 8.29. The number of hydrogen-bond donors (Lipinski definition) is 1. The Morgan fingerprint density at radius 3 is 2.67 bits per heavy atom. The van der Waals surface area contributed by atoms with Crippen LogP contribution in [0.3, 0.4) is 0 Å². The lowest BCUT2D eigenvalue weighted by Gasteiger charge is -2.34. The third-order valence-corrected chi connectivity index (χ3v) is 7.31. The molecule has 2 fully saturated rings. The zero-order chi connectivity index (χ0) is 22.8. The van der Waals surface area contributed by atoms with Crippen LogP contribution < -0.4 is 15.1 Å². The quantitative estimate of drug-likeness (QED) is 0.737. The number of rotatable bonds is 6. The molecule has 2 saturated heterocycles.